The summed E-state index contributed by atoms with van der Waals surface area (Å²) in [6, 6.07) is 2.97. The molecule has 5 heteroatoms. The molecular weight excluding hydrogens is 202 g/mol. The summed E-state index contributed by atoms with van der Waals surface area (Å²) in [5, 5.41) is 0.0586. The normalized spacial score (nSPS) is 10.0. The summed E-state index contributed by atoms with van der Waals surface area (Å²) < 4.78 is 26.7. The van der Waals surface area contributed by atoms with Crippen LogP contribution >= 0.6 is 0 Å². The maximum absolute atomic E-state index is 10.9. The monoisotopic (exact) mass is 217 g/mol. The first-order valence-corrected chi connectivity index (χ1v) is 6.13. The molecule has 4 nitrogen and oxygen atoms in total. The van der Waals surface area contributed by atoms with E-state index in [9.17, 15) is 8.42 Å². The van der Waals surface area contributed by atoms with Crippen LogP contribution in [0.4, 0.5) is 0 Å². The van der Waals surface area contributed by atoms with E-state index >= 15 is 0 Å². The quantitative estimate of drug-likeness (QED) is 0.753. The molecule has 1 heterocycles. The van der Waals surface area contributed by atoms with E-state index in [2.05, 4.69) is 4.98 Å². The molecule has 0 bridgehead atoms. The van der Waals surface area contributed by atoms with Gasteiger partial charge in [-0.1, -0.05) is 13.8 Å². The van der Waals surface area contributed by atoms with Crippen molar-refractivity contribution in [1.82, 2.24) is 4.98 Å². The second-order valence-electron chi connectivity index (χ2n) is 2.31. The Morgan fingerprint density at radius 3 is 2.14 bits per heavy atom. The van der Waals surface area contributed by atoms with Crippen molar-refractivity contribution < 1.29 is 13.2 Å². The molecule has 0 unspecified atom stereocenters. The van der Waals surface area contributed by atoms with Gasteiger partial charge in [-0.15, -0.1) is 0 Å². The van der Waals surface area contributed by atoms with Gasteiger partial charge in [0.05, 0.1) is 13.3 Å². The summed E-state index contributed by atoms with van der Waals surface area (Å²) in [4.78, 5) is 3.71. The highest BCUT2D eigenvalue weighted by Crippen LogP contribution is 2.11. The number of methoxy groups -OCH3 is 1. The van der Waals surface area contributed by atoms with E-state index in [0.717, 1.165) is 6.26 Å². The zero-order valence-corrected chi connectivity index (χ0v) is 9.63. The molecule has 14 heavy (non-hydrogen) atoms. The minimum absolute atomic E-state index is 0.0586. The van der Waals surface area contributed by atoms with Gasteiger partial charge >= 0.3 is 0 Å². The van der Waals surface area contributed by atoms with Gasteiger partial charge in [0.15, 0.2) is 14.9 Å². The summed E-state index contributed by atoms with van der Waals surface area (Å²) in [5.74, 6) is 0.544. The predicted molar refractivity (Wildman–Crippen MR) is 55.2 cm³/mol. The highest BCUT2D eigenvalue weighted by molar-refractivity contribution is 7.90. The Morgan fingerprint density at radius 2 is 1.86 bits per heavy atom. The van der Waals surface area contributed by atoms with Gasteiger partial charge in [-0.3, -0.25) is 0 Å². The molecule has 0 fully saturated rings. The molecule has 0 radical (unpaired) electrons. The Kier molecular flexibility index (Phi) is 5.15. The van der Waals surface area contributed by atoms with Crippen molar-refractivity contribution >= 4 is 9.84 Å². The highest BCUT2D eigenvalue weighted by atomic mass is 32.2. The highest BCUT2D eigenvalue weighted by Gasteiger charge is 2.07. The van der Waals surface area contributed by atoms with E-state index in [1.807, 2.05) is 13.8 Å². The third-order valence-corrected chi connectivity index (χ3v) is 2.33. The fraction of sp³-hybridized carbons (Fsp3) is 0.444. The summed E-state index contributed by atoms with van der Waals surface area (Å²) in [5.41, 5.74) is 0. The minimum Gasteiger partial charge on any atom is -0.495 e. The van der Waals surface area contributed by atoms with E-state index in [0.29, 0.717) is 5.75 Å². The van der Waals surface area contributed by atoms with Crippen LogP contribution in [0.25, 0.3) is 0 Å². The molecule has 0 saturated heterocycles. The van der Waals surface area contributed by atoms with Crippen molar-refractivity contribution in [3.8, 4) is 5.75 Å². The molecule has 0 aliphatic rings. The average molecular weight is 217 g/mol. The second kappa shape index (κ2) is 5.59. The third kappa shape index (κ3) is 3.74. The van der Waals surface area contributed by atoms with Crippen LogP contribution in [0.1, 0.15) is 13.8 Å². The van der Waals surface area contributed by atoms with Crippen molar-refractivity contribution in [3.05, 3.63) is 18.3 Å². The maximum atomic E-state index is 10.9. The van der Waals surface area contributed by atoms with Gasteiger partial charge in [0.2, 0.25) is 0 Å². The first kappa shape index (κ1) is 12.9. The lowest BCUT2D eigenvalue weighted by molar-refractivity contribution is 0.412. The summed E-state index contributed by atoms with van der Waals surface area (Å²) in [6.07, 6.45) is 2.48. The molecule has 0 N–H and O–H groups in total. The Hall–Kier alpha value is -1.10. The Labute approximate surface area is 84.9 Å². The van der Waals surface area contributed by atoms with E-state index < -0.39 is 9.84 Å². The molecular formula is C9H15NO3S. The van der Waals surface area contributed by atoms with Crippen LogP contribution in [0.5, 0.6) is 5.75 Å². The lowest BCUT2D eigenvalue weighted by Gasteiger charge is -1.99. The summed E-state index contributed by atoms with van der Waals surface area (Å²) in [7, 11) is -1.70. The molecule has 1 aromatic rings. The Morgan fingerprint density at radius 1 is 1.29 bits per heavy atom. The lowest BCUT2D eigenvalue weighted by atomic mass is 10.5. The molecule has 0 aliphatic heterocycles. The zero-order chi connectivity index (χ0) is 11.2. The van der Waals surface area contributed by atoms with Gasteiger partial charge < -0.3 is 4.74 Å². The number of sulfone groups is 1. The summed E-state index contributed by atoms with van der Waals surface area (Å²) in [6.45, 7) is 4.00. The van der Waals surface area contributed by atoms with Crippen molar-refractivity contribution in [2.45, 2.75) is 18.9 Å². The predicted octanol–water partition coefficient (Wildman–Crippen LogP) is 1.52. The zero-order valence-electron chi connectivity index (χ0n) is 8.81. The first-order chi connectivity index (χ1) is 6.54. The third-order valence-electron chi connectivity index (χ3n) is 1.32. The molecule has 1 aromatic heterocycles. The van der Waals surface area contributed by atoms with Crippen LogP contribution < -0.4 is 4.74 Å². The van der Waals surface area contributed by atoms with Crippen LogP contribution in [0.15, 0.2) is 23.4 Å². The molecule has 80 valence electrons. The molecule has 0 amide bonds. The second-order valence-corrected chi connectivity index (χ2v) is 4.27. The number of nitrogens with zero attached hydrogens (tertiary/aromatic N) is 1. The largest absolute Gasteiger partial charge is 0.495 e. The molecule has 0 aromatic carbocycles. The first-order valence-electron chi connectivity index (χ1n) is 4.24. The van der Waals surface area contributed by atoms with Crippen molar-refractivity contribution in [2.24, 2.45) is 0 Å². The van der Waals surface area contributed by atoms with Crippen LogP contribution in [0.2, 0.25) is 0 Å². The number of pyridine rings is 1. The molecule has 0 spiro atoms. The fourth-order valence-electron chi connectivity index (χ4n) is 0.707. The van der Waals surface area contributed by atoms with E-state index in [4.69, 9.17) is 4.74 Å². The van der Waals surface area contributed by atoms with Gasteiger partial charge in [0, 0.05) is 6.26 Å². The van der Waals surface area contributed by atoms with Crippen molar-refractivity contribution in [3.63, 3.8) is 0 Å². The van der Waals surface area contributed by atoms with Crippen LogP contribution in [0.3, 0.4) is 0 Å². The van der Waals surface area contributed by atoms with Crippen molar-refractivity contribution in [2.75, 3.05) is 13.4 Å². The number of aromatic nitrogens is 1. The van der Waals surface area contributed by atoms with Crippen LogP contribution in [-0.4, -0.2) is 26.8 Å². The molecule has 0 aliphatic carbocycles. The molecule has 1 rings (SSSR count). The van der Waals surface area contributed by atoms with Gasteiger partial charge in [-0.05, 0) is 12.1 Å². The SMILES string of the molecule is CC.COc1ccc(S(C)(=O)=O)nc1. The number of ether oxygens (including phenoxy) is 1. The molecule has 0 atom stereocenters. The number of hydrogen-bond donors (Lipinski definition) is 0. The topological polar surface area (TPSA) is 56.3 Å². The smallest absolute Gasteiger partial charge is 0.192 e. The van der Waals surface area contributed by atoms with Gasteiger partial charge in [-0.2, -0.15) is 0 Å². The Bertz CT molecular complexity index is 356. The molecule has 0 saturated carbocycles. The van der Waals surface area contributed by atoms with E-state index in [1.165, 1.54) is 19.4 Å². The average Bonchev–Trinajstić information content (AvgIpc) is 2.20. The van der Waals surface area contributed by atoms with Gasteiger partial charge in [0.1, 0.15) is 5.75 Å². The van der Waals surface area contributed by atoms with Gasteiger partial charge in [0.25, 0.3) is 0 Å². The summed E-state index contributed by atoms with van der Waals surface area (Å²) >= 11 is 0. The van der Waals surface area contributed by atoms with Crippen molar-refractivity contribution in [1.29, 1.82) is 0 Å². The fourth-order valence-corrected chi connectivity index (χ4v) is 1.27. The van der Waals surface area contributed by atoms with E-state index in [1.54, 1.807) is 6.07 Å². The standard InChI is InChI=1S/C7H9NO3S.C2H6/c1-11-6-3-4-7(8-5-6)12(2,9)10;1-2/h3-5H,1-2H3;1-2H3. The maximum Gasteiger partial charge on any atom is 0.192 e. The Balaban J connectivity index is 0.000000791. The van der Waals surface area contributed by atoms with Crippen LogP contribution in [0, 0.1) is 0 Å². The van der Waals surface area contributed by atoms with Gasteiger partial charge in [-0.25, -0.2) is 13.4 Å². The van der Waals surface area contributed by atoms with E-state index in [-0.39, 0.29) is 5.03 Å². The van der Waals surface area contributed by atoms with Crippen LogP contribution in [-0.2, 0) is 9.84 Å². The number of rotatable bonds is 2. The lowest BCUT2D eigenvalue weighted by Crippen LogP contribution is -1.99. The minimum atomic E-state index is -3.19. The number of hydrogen-bond acceptors (Lipinski definition) is 4.